The molecular formula is C18H17N5S. The van der Waals surface area contributed by atoms with Crippen LogP contribution in [0.25, 0.3) is 21.3 Å². The Morgan fingerprint density at radius 1 is 1.08 bits per heavy atom. The monoisotopic (exact) mass is 335 g/mol. The number of thiophene rings is 1. The van der Waals surface area contributed by atoms with Crippen molar-refractivity contribution in [3.05, 3.63) is 53.4 Å². The molecular weight excluding hydrogens is 318 g/mol. The van der Waals surface area contributed by atoms with Gasteiger partial charge in [-0.3, -0.25) is 4.68 Å². The molecule has 6 heteroatoms. The third-order valence-corrected chi connectivity index (χ3v) is 5.09. The fourth-order valence-electron chi connectivity index (χ4n) is 2.87. The van der Waals surface area contributed by atoms with Crippen molar-refractivity contribution in [3.63, 3.8) is 0 Å². The number of rotatable bonds is 3. The van der Waals surface area contributed by atoms with E-state index in [0.717, 1.165) is 38.7 Å². The Balaban J connectivity index is 1.88. The van der Waals surface area contributed by atoms with Gasteiger partial charge in [-0.2, -0.15) is 5.10 Å². The summed E-state index contributed by atoms with van der Waals surface area (Å²) >= 11 is 1.64. The van der Waals surface area contributed by atoms with Crippen LogP contribution in [0.1, 0.15) is 11.4 Å². The summed E-state index contributed by atoms with van der Waals surface area (Å²) in [7, 11) is 1.95. The number of benzene rings is 1. The van der Waals surface area contributed by atoms with Gasteiger partial charge < -0.3 is 5.32 Å². The zero-order valence-corrected chi connectivity index (χ0v) is 14.6. The molecule has 4 rings (SSSR count). The van der Waals surface area contributed by atoms with Gasteiger partial charge in [0.1, 0.15) is 17.0 Å². The third kappa shape index (κ3) is 2.35. The molecule has 0 radical (unpaired) electrons. The van der Waals surface area contributed by atoms with Crippen molar-refractivity contribution in [3.8, 4) is 11.1 Å². The average Bonchev–Trinajstić information content (AvgIpc) is 3.13. The van der Waals surface area contributed by atoms with Gasteiger partial charge in [-0.1, -0.05) is 30.3 Å². The molecule has 0 bridgehead atoms. The SMILES string of the molecule is Cc1nn(C)c(C)c1Nc1ncnc2scc(-c3ccccc3)c12. The Hall–Kier alpha value is -2.73. The molecule has 0 aliphatic carbocycles. The second-order valence-electron chi connectivity index (χ2n) is 5.71. The number of nitrogens with one attached hydrogen (secondary N) is 1. The second kappa shape index (κ2) is 5.72. The van der Waals surface area contributed by atoms with Crippen LogP contribution in [0, 0.1) is 13.8 Å². The summed E-state index contributed by atoms with van der Waals surface area (Å²) in [4.78, 5) is 9.90. The fourth-order valence-corrected chi connectivity index (χ4v) is 3.79. The summed E-state index contributed by atoms with van der Waals surface area (Å²) in [6.45, 7) is 4.05. The molecule has 0 amide bonds. The van der Waals surface area contributed by atoms with E-state index in [4.69, 9.17) is 0 Å². The molecule has 0 fully saturated rings. The topological polar surface area (TPSA) is 55.6 Å². The van der Waals surface area contributed by atoms with Crippen molar-refractivity contribution in [2.24, 2.45) is 7.05 Å². The number of nitrogens with zero attached hydrogens (tertiary/aromatic N) is 4. The van der Waals surface area contributed by atoms with Gasteiger partial charge in [-0.05, 0) is 19.4 Å². The van der Waals surface area contributed by atoms with E-state index >= 15 is 0 Å². The van der Waals surface area contributed by atoms with Gasteiger partial charge in [0.25, 0.3) is 0 Å². The molecule has 0 unspecified atom stereocenters. The molecule has 0 saturated heterocycles. The van der Waals surface area contributed by atoms with Gasteiger partial charge >= 0.3 is 0 Å². The van der Waals surface area contributed by atoms with Crippen molar-refractivity contribution >= 4 is 33.1 Å². The number of hydrogen-bond acceptors (Lipinski definition) is 5. The van der Waals surface area contributed by atoms with Crippen LogP contribution in [0.5, 0.6) is 0 Å². The normalized spacial score (nSPS) is 11.1. The number of aromatic nitrogens is 4. The Kier molecular flexibility index (Phi) is 3.54. The average molecular weight is 335 g/mol. The largest absolute Gasteiger partial charge is 0.337 e. The summed E-state index contributed by atoms with van der Waals surface area (Å²) in [6, 6.07) is 10.3. The van der Waals surface area contributed by atoms with Crippen LogP contribution >= 0.6 is 11.3 Å². The summed E-state index contributed by atoms with van der Waals surface area (Å²) in [5, 5.41) is 11.1. The van der Waals surface area contributed by atoms with E-state index in [1.165, 1.54) is 5.56 Å². The minimum absolute atomic E-state index is 0.819. The van der Waals surface area contributed by atoms with E-state index in [9.17, 15) is 0 Å². The first kappa shape index (κ1) is 14.8. The van der Waals surface area contributed by atoms with E-state index < -0.39 is 0 Å². The lowest BCUT2D eigenvalue weighted by Gasteiger charge is -2.09. The summed E-state index contributed by atoms with van der Waals surface area (Å²) in [5.41, 5.74) is 5.36. The Labute approximate surface area is 144 Å². The molecule has 0 spiro atoms. The number of fused-ring (bicyclic) bond motifs is 1. The quantitative estimate of drug-likeness (QED) is 0.601. The summed E-state index contributed by atoms with van der Waals surface area (Å²) in [5.74, 6) is 0.819. The smallest absolute Gasteiger partial charge is 0.143 e. The molecule has 24 heavy (non-hydrogen) atoms. The predicted molar refractivity (Wildman–Crippen MR) is 98.8 cm³/mol. The Bertz CT molecular complexity index is 1020. The number of anilines is 2. The van der Waals surface area contributed by atoms with Crippen LogP contribution in [0.3, 0.4) is 0 Å². The zero-order valence-electron chi connectivity index (χ0n) is 13.7. The van der Waals surface area contributed by atoms with Gasteiger partial charge in [0.05, 0.1) is 22.5 Å². The molecule has 4 aromatic rings. The highest BCUT2D eigenvalue weighted by Gasteiger charge is 2.16. The van der Waals surface area contributed by atoms with Crippen molar-refractivity contribution in [1.29, 1.82) is 0 Å². The van der Waals surface area contributed by atoms with Gasteiger partial charge in [0.2, 0.25) is 0 Å². The Morgan fingerprint density at radius 2 is 1.88 bits per heavy atom. The van der Waals surface area contributed by atoms with Crippen LogP contribution in [-0.2, 0) is 7.05 Å². The molecule has 1 aromatic carbocycles. The van der Waals surface area contributed by atoms with Gasteiger partial charge in [0, 0.05) is 18.0 Å². The molecule has 0 saturated carbocycles. The first-order valence-electron chi connectivity index (χ1n) is 7.70. The van der Waals surface area contributed by atoms with Crippen LogP contribution in [-0.4, -0.2) is 19.7 Å². The molecule has 0 atom stereocenters. The molecule has 1 N–H and O–H groups in total. The van der Waals surface area contributed by atoms with Crippen molar-refractivity contribution in [2.75, 3.05) is 5.32 Å². The molecule has 3 aromatic heterocycles. The minimum Gasteiger partial charge on any atom is -0.337 e. The van der Waals surface area contributed by atoms with Crippen LogP contribution < -0.4 is 5.32 Å². The van der Waals surface area contributed by atoms with E-state index in [0.29, 0.717) is 0 Å². The van der Waals surface area contributed by atoms with Crippen molar-refractivity contribution in [1.82, 2.24) is 19.7 Å². The number of hydrogen-bond donors (Lipinski definition) is 1. The second-order valence-corrected chi connectivity index (χ2v) is 6.57. The fraction of sp³-hybridized carbons (Fsp3) is 0.167. The standard InChI is InChI=1S/C18H17N5S/c1-11-16(12(2)23(3)22-11)21-17-15-14(13-7-5-4-6-8-13)9-24-18(15)20-10-19-17/h4-10H,1-3H3,(H,19,20,21). The van der Waals surface area contributed by atoms with E-state index in [-0.39, 0.29) is 0 Å². The number of aryl methyl sites for hydroxylation is 2. The lowest BCUT2D eigenvalue weighted by atomic mass is 10.1. The highest BCUT2D eigenvalue weighted by Crippen LogP contribution is 2.37. The summed E-state index contributed by atoms with van der Waals surface area (Å²) < 4.78 is 1.88. The minimum atomic E-state index is 0.819. The third-order valence-electron chi connectivity index (χ3n) is 4.21. The van der Waals surface area contributed by atoms with Crippen molar-refractivity contribution in [2.45, 2.75) is 13.8 Å². The van der Waals surface area contributed by atoms with E-state index in [2.05, 4.69) is 37.9 Å². The van der Waals surface area contributed by atoms with Crippen LogP contribution in [0.15, 0.2) is 42.0 Å². The molecule has 5 nitrogen and oxygen atoms in total. The zero-order chi connectivity index (χ0) is 16.7. The van der Waals surface area contributed by atoms with Gasteiger partial charge in [-0.25, -0.2) is 9.97 Å². The lowest BCUT2D eigenvalue weighted by Crippen LogP contribution is -1.98. The van der Waals surface area contributed by atoms with Crippen LogP contribution in [0.4, 0.5) is 11.5 Å². The molecule has 0 aliphatic rings. The van der Waals surface area contributed by atoms with Crippen LogP contribution in [0.2, 0.25) is 0 Å². The first-order chi connectivity index (χ1) is 11.6. The molecule has 120 valence electrons. The molecule has 0 aliphatic heterocycles. The van der Waals surface area contributed by atoms with Crippen molar-refractivity contribution < 1.29 is 0 Å². The first-order valence-corrected chi connectivity index (χ1v) is 8.58. The highest BCUT2D eigenvalue weighted by atomic mass is 32.1. The lowest BCUT2D eigenvalue weighted by molar-refractivity contribution is 0.731. The maximum atomic E-state index is 4.50. The predicted octanol–water partition coefficient (Wildman–Crippen LogP) is 4.45. The van der Waals surface area contributed by atoms with Gasteiger partial charge in [-0.15, -0.1) is 11.3 Å². The maximum absolute atomic E-state index is 4.50. The van der Waals surface area contributed by atoms with E-state index in [1.54, 1.807) is 17.7 Å². The summed E-state index contributed by atoms with van der Waals surface area (Å²) in [6.07, 6.45) is 1.61. The Morgan fingerprint density at radius 3 is 2.58 bits per heavy atom. The van der Waals surface area contributed by atoms with Gasteiger partial charge in [0.15, 0.2) is 0 Å². The van der Waals surface area contributed by atoms with E-state index in [1.807, 2.05) is 43.8 Å². The maximum Gasteiger partial charge on any atom is 0.143 e. The molecule has 3 heterocycles. The highest BCUT2D eigenvalue weighted by molar-refractivity contribution is 7.17.